The van der Waals surface area contributed by atoms with Gasteiger partial charge in [0.2, 0.25) is 0 Å². The minimum absolute atomic E-state index is 0.143. The number of ketones is 1. The largest absolute Gasteiger partial charge is 0.497 e. The van der Waals surface area contributed by atoms with Gasteiger partial charge in [-0.1, -0.05) is 12.1 Å². The Kier molecular flexibility index (Phi) is 4.46. The van der Waals surface area contributed by atoms with E-state index < -0.39 is 29.8 Å². The SMILES string of the molecule is COc1cccc(C(=O)C=C(C(F)(F)F)C(F)(F)F)c1. The summed E-state index contributed by atoms with van der Waals surface area (Å²) < 4.78 is 78.4. The third kappa shape index (κ3) is 4.01. The summed E-state index contributed by atoms with van der Waals surface area (Å²) >= 11 is 0. The van der Waals surface area contributed by atoms with Crippen LogP contribution in [0.15, 0.2) is 35.9 Å². The maximum absolute atomic E-state index is 12.3. The normalized spacial score (nSPS) is 11.9. The first-order valence-electron chi connectivity index (χ1n) is 5.10. The van der Waals surface area contributed by atoms with Gasteiger partial charge in [-0.05, 0) is 12.1 Å². The molecule has 1 aromatic rings. The van der Waals surface area contributed by atoms with E-state index in [1.165, 1.54) is 19.2 Å². The van der Waals surface area contributed by atoms with Crippen molar-refractivity contribution in [3.05, 3.63) is 41.5 Å². The van der Waals surface area contributed by atoms with Crippen LogP contribution in [0.25, 0.3) is 0 Å². The van der Waals surface area contributed by atoms with Crippen molar-refractivity contribution >= 4 is 5.78 Å². The predicted octanol–water partition coefficient (Wildman–Crippen LogP) is 3.93. The molecule has 0 bridgehead atoms. The van der Waals surface area contributed by atoms with Crippen molar-refractivity contribution in [3.63, 3.8) is 0 Å². The second-order valence-electron chi connectivity index (χ2n) is 3.65. The Hall–Kier alpha value is -1.99. The number of allylic oxidation sites excluding steroid dienone is 2. The van der Waals surface area contributed by atoms with E-state index in [4.69, 9.17) is 4.74 Å². The number of ether oxygens (including phenoxy) is 1. The van der Waals surface area contributed by atoms with Gasteiger partial charge < -0.3 is 4.74 Å². The van der Waals surface area contributed by atoms with Crippen molar-refractivity contribution in [2.45, 2.75) is 12.4 Å². The van der Waals surface area contributed by atoms with Gasteiger partial charge in [0.05, 0.1) is 7.11 Å². The first-order valence-corrected chi connectivity index (χ1v) is 5.10. The van der Waals surface area contributed by atoms with Gasteiger partial charge in [0, 0.05) is 11.6 Å². The van der Waals surface area contributed by atoms with E-state index in [9.17, 15) is 31.1 Å². The summed E-state index contributed by atoms with van der Waals surface area (Å²) in [5.74, 6) is -1.27. The Morgan fingerprint density at radius 1 is 1.10 bits per heavy atom. The van der Waals surface area contributed by atoms with Crippen LogP contribution in [0.2, 0.25) is 0 Å². The maximum atomic E-state index is 12.3. The molecule has 0 spiro atoms. The van der Waals surface area contributed by atoms with E-state index in [0.717, 1.165) is 12.1 Å². The van der Waals surface area contributed by atoms with Gasteiger partial charge in [0.1, 0.15) is 11.3 Å². The highest BCUT2D eigenvalue weighted by molar-refractivity contribution is 6.05. The molecule has 0 aliphatic heterocycles. The average Bonchev–Trinajstić information content (AvgIpc) is 2.33. The van der Waals surface area contributed by atoms with Crippen molar-refractivity contribution < 1.29 is 35.9 Å². The molecule has 0 saturated carbocycles. The highest BCUT2D eigenvalue weighted by Gasteiger charge is 2.51. The van der Waals surface area contributed by atoms with E-state index >= 15 is 0 Å². The highest BCUT2D eigenvalue weighted by Crippen LogP contribution is 2.38. The fraction of sp³-hybridized carbons (Fsp3) is 0.250. The maximum Gasteiger partial charge on any atom is 0.421 e. The molecular weight excluding hydrogens is 290 g/mol. The minimum Gasteiger partial charge on any atom is -0.497 e. The summed E-state index contributed by atoms with van der Waals surface area (Å²) in [6.07, 6.45) is -11.8. The second-order valence-corrected chi connectivity index (χ2v) is 3.65. The lowest BCUT2D eigenvalue weighted by Gasteiger charge is -2.14. The first-order chi connectivity index (χ1) is 9.05. The number of rotatable bonds is 3. The van der Waals surface area contributed by atoms with Gasteiger partial charge in [-0.3, -0.25) is 4.79 Å². The summed E-state index contributed by atoms with van der Waals surface area (Å²) in [6.45, 7) is 0. The average molecular weight is 298 g/mol. The lowest BCUT2D eigenvalue weighted by atomic mass is 10.1. The molecule has 0 amide bonds. The number of halogens is 6. The van der Waals surface area contributed by atoms with E-state index in [1.807, 2.05) is 0 Å². The van der Waals surface area contributed by atoms with Gasteiger partial charge in [0.15, 0.2) is 5.78 Å². The number of carbonyl (C=O) groups is 1. The van der Waals surface area contributed by atoms with Crippen LogP contribution in [0.4, 0.5) is 26.3 Å². The van der Waals surface area contributed by atoms with Crippen LogP contribution in [0.1, 0.15) is 10.4 Å². The van der Waals surface area contributed by atoms with Crippen LogP contribution in [0.3, 0.4) is 0 Å². The molecule has 1 aromatic carbocycles. The molecule has 8 heteroatoms. The molecule has 2 nitrogen and oxygen atoms in total. The van der Waals surface area contributed by atoms with Crippen molar-refractivity contribution in [1.29, 1.82) is 0 Å². The number of methoxy groups -OCH3 is 1. The fourth-order valence-electron chi connectivity index (χ4n) is 1.32. The van der Waals surface area contributed by atoms with Crippen LogP contribution in [-0.4, -0.2) is 25.2 Å². The number of hydrogen-bond acceptors (Lipinski definition) is 2. The summed E-state index contributed by atoms with van der Waals surface area (Å²) in [7, 11) is 1.25. The van der Waals surface area contributed by atoms with Crippen molar-refractivity contribution in [1.82, 2.24) is 0 Å². The molecule has 0 aromatic heterocycles. The van der Waals surface area contributed by atoms with Crippen LogP contribution in [0, 0.1) is 0 Å². The Bertz CT molecular complexity index is 511. The zero-order valence-electron chi connectivity index (χ0n) is 9.97. The molecule has 110 valence electrons. The summed E-state index contributed by atoms with van der Waals surface area (Å²) in [4.78, 5) is 11.5. The van der Waals surface area contributed by atoms with Crippen molar-refractivity contribution in [3.8, 4) is 5.75 Å². The van der Waals surface area contributed by atoms with Crippen LogP contribution < -0.4 is 4.74 Å². The molecule has 0 aliphatic carbocycles. The zero-order chi connectivity index (χ0) is 15.6. The molecule has 0 heterocycles. The molecular formula is C12H8F6O2. The summed E-state index contributed by atoms with van der Waals surface area (Å²) in [5, 5.41) is 0. The quantitative estimate of drug-likeness (QED) is 0.480. The minimum atomic E-state index is -5.66. The monoisotopic (exact) mass is 298 g/mol. The Labute approximate surface area is 109 Å². The Morgan fingerprint density at radius 2 is 1.65 bits per heavy atom. The van der Waals surface area contributed by atoms with Crippen LogP contribution in [-0.2, 0) is 0 Å². The topological polar surface area (TPSA) is 26.3 Å². The molecule has 0 N–H and O–H groups in total. The van der Waals surface area contributed by atoms with E-state index in [-0.39, 0.29) is 11.3 Å². The van der Waals surface area contributed by atoms with E-state index in [1.54, 1.807) is 0 Å². The van der Waals surface area contributed by atoms with Crippen LogP contribution >= 0.6 is 0 Å². The molecule has 20 heavy (non-hydrogen) atoms. The van der Waals surface area contributed by atoms with Gasteiger partial charge >= 0.3 is 12.4 Å². The number of benzene rings is 1. The van der Waals surface area contributed by atoms with E-state index in [0.29, 0.717) is 0 Å². The zero-order valence-corrected chi connectivity index (χ0v) is 9.97. The molecule has 0 atom stereocenters. The fourth-order valence-corrected chi connectivity index (χ4v) is 1.32. The van der Waals surface area contributed by atoms with Gasteiger partial charge in [0.25, 0.3) is 0 Å². The highest BCUT2D eigenvalue weighted by atomic mass is 19.4. The lowest BCUT2D eigenvalue weighted by molar-refractivity contribution is -0.171. The van der Waals surface area contributed by atoms with Crippen molar-refractivity contribution in [2.75, 3.05) is 7.11 Å². The standard InChI is InChI=1S/C12H8F6O2/c1-20-8-4-2-3-7(5-8)9(19)6-10(11(13,14)15)12(16,17)18/h2-6H,1H3. The molecule has 0 fully saturated rings. The number of alkyl halides is 6. The third-order valence-corrected chi connectivity index (χ3v) is 2.24. The Morgan fingerprint density at radius 3 is 2.10 bits per heavy atom. The number of carbonyl (C=O) groups excluding carboxylic acids is 1. The van der Waals surface area contributed by atoms with Gasteiger partial charge in [-0.2, -0.15) is 26.3 Å². The smallest absolute Gasteiger partial charge is 0.421 e. The molecule has 0 saturated heterocycles. The van der Waals surface area contributed by atoms with Gasteiger partial charge in [-0.25, -0.2) is 0 Å². The predicted molar refractivity (Wildman–Crippen MR) is 57.5 cm³/mol. The van der Waals surface area contributed by atoms with Gasteiger partial charge in [-0.15, -0.1) is 0 Å². The molecule has 1 rings (SSSR count). The van der Waals surface area contributed by atoms with E-state index in [2.05, 4.69) is 0 Å². The molecule has 0 radical (unpaired) electrons. The number of hydrogen-bond donors (Lipinski definition) is 0. The lowest BCUT2D eigenvalue weighted by Crippen LogP contribution is -2.27. The summed E-state index contributed by atoms with van der Waals surface area (Å²) in [6, 6.07) is 4.81. The summed E-state index contributed by atoms with van der Waals surface area (Å²) in [5.41, 5.74) is -3.19. The first kappa shape index (κ1) is 16.1. The van der Waals surface area contributed by atoms with Crippen LogP contribution in [0.5, 0.6) is 5.75 Å². The third-order valence-electron chi connectivity index (χ3n) is 2.24. The van der Waals surface area contributed by atoms with Crippen molar-refractivity contribution in [2.24, 2.45) is 0 Å². The Balaban J connectivity index is 3.21. The molecule has 0 aliphatic rings. The second kappa shape index (κ2) is 5.56. The molecule has 0 unspecified atom stereocenters.